The Morgan fingerprint density at radius 2 is 2.11 bits per heavy atom. The number of fused-ring (bicyclic) bond motifs is 1. The molecule has 1 aromatic carbocycles. The zero-order valence-corrected chi connectivity index (χ0v) is 11.3. The van der Waals surface area contributed by atoms with Crippen LogP contribution in [0.3, 0.4) is 0 Å². The fraction of sp³-hybridized carbons (Fsp3) is 0.500. The first-order valence-corrected chi connectivity index (χ1v) is 6.97. The van der Waals surface area contributed by atoms with E-state index in [0.717, 1.165) is 11.0 Å². The Hall–Kier alpha value is -1.16. The number of hydrogen-bond acceptors (Lipinski definition) is 1. The predicted octanol–water partition coefficient (Wildman–Crippen LogP) is 4.59. The van der Waals surface area contributed by atoms with E-state index < -0.39 is 0 Å². The van der Waals surface area contributed by atoms with Gasteiger partial charge in [-0.25, -0.2) is 4.39 Å². The van der Waals surface area contributed by atoms with Gasteiger partial charge in [-0.2, -0.15) is 0 Å². The zero-order chi connectivity index (χ0) is 12.7. The monoisotopic (exact) mass is 264 g/mol. The largest absolute Gasteiger partial charge is 0.330 e. The van der Waals surface area contributed by atoms with Gasteiger partial charge >= 0.3 is 0 Å². The summed E-state index contributed by atoms with van der Waals surface area (Å²) in [6.07, 6.45) is 5.19. The van der Waals surface area contributed by atoms with Crippen molar-refractivity contribution in [1.82, 2.24) is 9.55 Å². The molecule has 1 fully saturated rings. The molecule has 1 saturated carbocycles. The zero-order valence-electron chi connectivity index (χ0n) is 10.4. The summed E-state index contributed by atoms with van der Waals surface area (Å²) in [5, 5.41) is 0. The van der Waals surface area contributed by atoms with Crippen molar-refractivity contribution in [2.75, 3.05) is 0 Å². The Labute approximate surface area is 111 Å². The van der Waals surface area contributed by atoms with E-state index in [1.54, 1.807) is 0 Å². The standard InChI is InChI=1S/C14H17FN2S/c1-9(10-4-2-3-5-10)17-13-7-6-11(15)8-12(13)16-14(17)18/h6-10H,2-5H2,1H3,(H,16,18). The number of nitrogens with one attached hydrogen (secondary N) is 1. The Morgan fingerprint density at radius 3 is 2.83 bits per heavy atom. The molecule has 1 N–H and O–H groups in total. The number of benzene rings is 1. The molecule has 0 radical (unpaired) electrons. The highest BCUT2D eigenvalue weighted by atomic mass is 32.1. The van der Waals surface area contributed by atoms with Crippen molar-refractivity contribution < 1.29 is 4.39 Å². The Morgan fingerprint density at radius 1 is 1.39 bits per heavy atom. The maximum Gasteiger partial charge on any atom is 0.178 e. The van der Waals surface area contributed by atoms with E-state index in [1.807, 2.05) is 6.07 Å². The summed E-state index contributed by atoms with van der Waals surface area (Å²) in [6.45, 7) is 2.22. The van der Waals surface area contributed by atoms with Gasteiger partial charge in [0.05, 0.1) is 11.0 Å². The van der Waals surface area contributed by atoms with E-state index in [4.69, 9.17) is 12.2 Å². The van der Waals surface area contributed by atoms with Gasteiger partial charge in [0, 0.05) is 6.04 Å². The molecule has 18 heavy (non-hydrogen) atoms. The first-order valence-electron chi connectivity index (χ1n) is 6.56. The van der Waals surface area contributed by atoms with E-state index in [2.05, 4.69) is 16.5 Å². The molecular weight excluding hydrogens is 247 g/mol. The van der Waals surface area contributed by atoms with Crippen molar-refractivity contribution in [2.45, 2.75) is 38.6 Å². The fourth-order valence-electron chi connectivity index (χ4n) is 3.16. The molecule has 1 aliphatic rings. The minimum absolute atomic E-state index is 0.223. The number of H-pyrrole nitrogens is 1. The van der Waals surface area contributed by atoms with Crippen molar-refractivity contribution >= 4 is 23.3 Å². The van der Waals surface area contributed by atoms with E-state index in [0.29, 0.717) is 16.7 Å². The van der Waals surface area contributed by atoms with Crippen molar-refractivity contribution in [3.8, 4) is 0 Å². The summed E-state index contributed by atoms with van der Waals surface area (Å²) in [4.78, 5) is 3.11. The Bertz CT molecular complexity index is 622. The van der Waals surface area contributed by atoms with Crippen LogP contribution >= 0.6 is 12.2 Å². The Balaban J connectivity index is 2.10. The number of imidazole rings is 1. The highest BCUT2D eigenvalue weighted by Gasteiger charge is 2.24. The van der Waals surface area contributed by atoms with E-state index >= 15 is 0 Å². The van der Waals surface area contributed by atoms with Gasteiger partial charge in [0.25, 0.3) is 0 Å². The molecular formula is C14H17FN2S. The second-order valence-corrected chi connectivity index (χ2v) is 5.63. The van der Waals surface area contributed by atoms with Crippen LogP contribution in [0.5, 0.6) is 0 Å². The number of halogens is 1. The lowest BCUT2D eigenvalue weighted by Gasteiger charge is -2.21. The third-order valence-corrected chi connectivity index (χ3v) is 4.47. The summed E-state index contributed by atoms with van der Waals surface area (Å²) in [7, 11) is 0. The van der Waals surface area contributed by atoms with Gasteiger partial charge < -0.3 is 9.55 Å². The lowest BCUT2D eigenvalue weighted by molar-refractivity contribution is 0.365. The third kappa shape index (κ3) is 1.88. The highest BCUT2D eigenvalue weighted by molar-refractivity contribution is 7.71. The van der Waals surface area contributed by atoms with Crippen LogP contribution in [0.1, 0.15) is 38.6 Å². The molecule has 0 amide bonds. The first kappa shape index (κ1) is 11.9. The minimum Gasteiger partial charge on any atom is -0.330 e. The first-order chi connectivity index (χ1) is 8.66. The molecule has 4 heteroatoms. The lowest BCUT2D eigenvalue weighted by atomic mass is 9.99. The number of hydrogen-bond donors (Lipinski definition) is 1. The number of aromatic amines is 1. The average Bonchev–Trinajstić information content (AvgIpc) is 2.94. The predicted molar refractivity (Wildman–Crippen MR) is 73.7 cm³/mol. The van der Waals surface area contributed by atoms with Gasteiger partial charge in [0.2, 0.25) is 0 Å². The van der Waals surface area contributed by atoms with Crippen LogP contribution in [0.2, 0.25) is 0 Å². The summed E-state index contributed by atoms with van der Waals surface area (Å²) < 4.78 is 16.1. The summed E-state index contributed by atoms with van der Waals surface area (Å²) in [6, 6.07) is 5.23. The summed E-state index contributed by atoms with van der Waals surface area (Å²) >= 11 is 5.39. The van der Waals surface area contributed by atoms with Gasteiger partial charge in [0.15, 0.2) is 4.77 Å². The van der Waals surface area contributed by atoms with Gasteiger partial charge in [-0.05, 0) is 56.1 Å². The maximum atomic E-state index is 13.2. The SMILES string of the molecule is CC(C1CCCC1)n1c(=S)[nH]c2cc(F)ccc21. The molecule has 2 nitrogen and oxygen atoms in total. The molecule has 3 rings (SSSR count). The molecule has 0 bridgehead atoms. The van der Waals surface area contributed by atoms with Crippen LogP contribution in [-0.4, -0.2) is 9.55 Å². The van der Waals surface area contributed by atoms with Crippen LogP contribution < -0.4 is 0 Å². The summed E-state index contributed by atoms with van der Waals surface area (Å²) in [5.41, 5.74) is 1.81. The molecule has 96 valence electrons. The third-order valence-electron chi connectivity index (χ3n) is 4.17. The number of rotatable bonds is 2. The van der Waals surface area contributed by atoms with Crippen molar-refractivity contribution in [3.05, 3.63) is 28.8 Å². The van der Waals surface area contributed by atoms with Crippen molar-refractivity contribution in [1.29, 1.82) is 0 Å². The molecule has 1 atom stereocenters. The second kappa shape index (κ2) is 4.50. The normalized spacial score (nSPS) is 18.6. The molecule has 1 unspecified atom stereocenters. The van der Waals surface area contributed by atoms with Gasteiger partial charge in [-0.1, -0.05) is 12.8 Å². The van der Waals surface area contributed by atoms with E-state index in [-0.39, 0.29) is 5.82 Å². The average molecular weight is 264 g/mol. The smallest absolute Gasteiger partial charge is 0.178 e. The fourth-order valence-corrected chi connectivity index (χ4v) is 3.53. The van der Waals surface area contributed by atoms with Crippen LogP contribution in [-0.2, 0) is 0 Å². The Kier molecular flexibility index (Phi) is 2.98. The van der Waals surface area contributed by atoms with Crippen molar-refractivity contribution in [2.24, 2.45) is 5.92 Å². The molecule has 1 aliphatic carbocycles. The van der Waals surface area contributed by atoms with Gasteiger partial charge in [0.1, 0.15) is 5.82 Å². The van der Waals surface area contributed by atoms with Crippen LogP contribution in [0, 0.1) is 16.5 Å². The molecule has 1 heterocycles. The molecule has 0 saturated heterocycles. The minimum atomic E-state index is -0.223. The summed E-state index contributed by atoms with van der Waals surface area (Å²) in [5.74, 6) is 0.472. The second-order valence-electron chi connectivity index (χ2n) is 5.25. The number of aromatic nitrogens is 2. The highest BCUT2D eigenvalue weighted by Crippen LogP contribution is 2.35. The van der Waals surface area contributed by atoms with Crippen LogP contribution in [0.15, 0.2) is 18.2 Å². The van der Waals surface area contributed by atoms with E-state index in [1.165, 1.54) is 37.8 Å². The number of nitrogens with zero attached hydrogens (tertiary/aromatic N) is 1. The molecule has 0 spiro atoms. The quantitative estimate of drug-likeness (QED) is 0.787. The van der Waals surface area contributed by atoms with Gasteiger partial charge in [-0.15, -0.1) is 0 Å². The van der Waals surface area contributed by atoms with Crippen LogP contribution in [0.25, 0.3) is 11.0 Å². The molecule has 2 aromatic rings. The van der Waals surface area contributed by atoms with Crippen LogP contribution in [0.4, 0.5) is 4.39 Å². The van der Waals surface area contributed by atoms with Gasteiger partial charge in [-0.3, -0.25) is 0 Å². The molecule has 0 aliphatic heterocycles. The lowest BCUT2D eigenvalue weighted by Crippen LogP contribution is -2.14. The maximum absolute atomic E-state index is 13.2. The topological polar surface area (TPSA) is 20.7 Å². The van der Waals surface area contributed by atoms with E-state index in [9.17, 15) is 4.39 Å². The molecule has 1 aromatic heterocycles. The van der Waals surface area contributed by atoms with Crippen molar-refractivity contribution in [3.63, 3.8) is 0 Å².